The molecule has 1 unspecified atom stereocenters. The first kappa shape index (κ1) is 18.0. The quantitative estimate of drug-likeness (QED) is 0.553. The second-order valence-corrected chi connectivity index (χ2v) is 8.79. The number of rotatable bonds is 4. The van der Waals surface area contributed by atoms with E-state index in [0.29, 0.717) is 19.4 Å². The van der Waals surface area contributed by atoms with E-state index >= 15 is 0 Å². The average molecular weight is 344 g/mol. The van der Waals surface area contributed by atoms with Gasteiger partial charge in [-0.2, -0.15) is 0 Å². The highest BCUT2D eigenvalue weighted by atomic mass is 32.2. The first-order valence-corrected chi connectivity index (χ1v) is 10.2. The molecule has 2 heterocycles. The molecule has 2 rings (SSSR count). The van der Waals surface area contributed by atoms with E-state index in [9.17, 15) is 13.2 Å². The number of nitrogens with one attached hydrogen (secondary N) is 2. The van der Waals surface area contributed by atoms with E-state index in [1.165, 1.54) is 0 Å². The number of piperidine rings is 1. The maximum atomic E-state index is 11.9. The lowest BCUT2D eigenvalue weighted by molar-refractivity contribution is -0.121. The van der Waals surface area contributed by atoms with Crippen molar-refractivity contribution in [3.63, 3.8) is 0 Å². The minimum Gasteiger partial charge on any atom is -0.356 e. The molecule has 2 N–H and O–H groups in total. The van der Waals surface area contributed by atoms with Gasteiger partial charge < -0.3 is 15.5 Å². The summed E-state index contributed by atoms with van der Waals surface area (Å²) in [7, 11) is -1.20. The Labute approximate surface area is 138 Å². The van der Waals surface area contributed by atoms with E-state index in [2.05, 4.69) is 27.4 Å². The minimum atomic E-state index is -2.95. The molecule has 0 aromatic carbocycles. The number of guanidine groups is 1. The Morgan fingerprint density at radius 3 is 2.52 bits per heavy atom. The molecule has 23 heavy (non-hydrogen) atoms. The van der Waals surface area contributed by atoms with Crippen LogP contribution in [0, 0.1) is 5.92 Å². The van der Waals surface area contributed by atoms with Crippen molar-refractivity contribution in [1.29, 1.82) is 0 Å². The van der Waals surface area contributed by atoms with Gasteiger partial charge in [0.1, 0.15) is 0 Å². The van der Waals surface area contributed by atoms with Crippen LogP contribution < -0.4 is 10.6 Å². The molecule has 0 bridgehead atoms. The normalized spacial score (nSPS) is 25.4. The highest BCUT2D eigenvalue weighted by Crippen LogP contribution is 2.15. The molecular weight excluding hydrogens is 316 g/mol. The van der Waals surface area contributed by atoms with Crippen molar-refractivity contribution in [2.75, 3.05) is 38.2 Å². The second-order valence-electron chi connectivity index (χ2n) is 6.56. The molecule has 0 spiro atoms. The van der Waals surface area contributed by atoms with Gasteiger partial charge in [-0.25, -0.2) is 8.42 Å². The van der Waals surface area contributed by atoms with Gasteiger partial charge in [0, 0.05) is 39.1 Å². The largest absolute Gasteiger partial charge is 0.356 e. The molecule has 0 aliphatic carbocycles. The molecule has 1 amide bonds. The summed E-state index contributed by atoms with van der Waals surface area (Å²) >= 11 is 0. The number of hydrogen-bond acceptors (Lipinski definition) is 4. The van der Waals surface area contributed by atoms with Crippen molar-refractivity contribution in [2.24, 2.45) is 10.9 Å². The van der Waals surface area contributed by atoms with Crippen molar-refractivity contribution in [2.45, 2.75) is 38.6 Å². The van der Waals surface area contributed by atoms with Crippen molar-refractivity contribution in [3.8, 4) is 0 Å². The van der Waals surface area contributed by atoms with E-state index in [-0.39, 0.29) is 23.5 Å². The summed E-state index contributed by atoms with van der Waals surface area (Å²) < 4.78 is 22.8. The average Bonchev–Trinajstić information content (AvgIpc) is 2.83. The first-order chi connectivity index (χ1) is 10.9. The third-order valence-electron chi connectivity index (χ3n) is 4.53. The summed E-state index contributed by atoms with van der Waals surface area (Å²) in [5, 5.41) is 6.02. The Morgan fingerprint density at radius 1 is 1.26 bits per heavy atom. The zero-order chi connectivity index (χ0) is 16.9. The number of likely N-dealkylation sites (tertiary alicyclic amines) is 1. The van der Waals surface area contributed by atoms with Gasteiger partial charge >= 0.3 is 0 Å². The fourth-order valence-corrected chi connectivity index (χ4v) is 4.72. The molecule has 2 aliphatic rings. The van der Waals surface area contributed by atoms with Crippen LogP contribution >= 0.6 is 0 Å². The lowest BCUT2D eigenvalue weighted by atomic mass is 10.00. The van der Waals surface area contributed by atoms with Gasteiger partial charge in [0.2, 0.25) is 5.91 Å². The number of amides is 1. The van der Waals surface area contributed by atoms with Crippen LogP contribution in [0.5, 0.6) is 0 Å². The Bertz CT molecular complexity index is 539. The molecular formula is C15H28N4O3S. The number of nitrogens with zero attached hydrogens (tertiary/aromatic N) is 2. The van der Waals surface area contributed by atoms with Crippen molar-refractivity contribution in [1.82, 2.24) is 15.5 Å². The summed E-state index contributed by atoms with van der Waals surface area (Å²) in [6, 6.07) is -0.226. The third kappa shape index (κ3) is 5.67. The van der Waals surface area contributed by atoms with Crippen LogP contribution in [0.15, 0.2) is 4.99 Å². The van der Waals surface area contributed by atoms with Gasteiger partial charge in [0.25, 0.3) is 0 Å². The summed E-state index contributed by atoms with van der Waals surface area (Å²) in [6.07, 6.45) is 3.17. The first-order valence-electron chi connectivity index (χ1n) is 8.35. The Morgan fingerprint density at radius 2 is 1.96 bits per heavy atom. The van der Waals surface area contributed by atoms with Crippen LogP contribution in [0.25, 0.3) is 0 Å². The van der Waals surface area contributed by atoms with Crippen LogP contribution in [-0.4, -0.2) is 69.4 Å². The van der Waals surface area contributed by atoms with Gasteiger partial charge in [0.05, 0.1) is 11.5 Å². The zero-order valence-electron chi connectivity index (χ0n) is 14.0. The van der Waals surface area contributed by atoms with Crippen LogP contribution in [0.2, 0.25) is 0 Å². The number of hydrogen-bond donors (Lipinski definition) is 2. The molecule has 0 aromatic rings. The van der Waals surface area contributed by atoms with Crippen LogP contribution in [0.3, 0.4) is 0 Å². The molecule has 2 saturated heterocycles. The molecule has 132 valence electrons. The minimum absolute atomic E-state index is 0.0692. The SMILES string of the molecule is CN=C(NCCC(=O)NC1CCS(=O)(=O)C1)N1CCC(C)CC1. The molecule has 0 saturated carbocycles. The summed E-state index contributed by atoms with van der Waals surface area (Å²) in [5.41, 5.74) is 0. The smallest absolute Gasteiger partial charge is 0.222 e. The lowest BCUT2D eigenvalue weighted by Gasteiger charge is -2.32. The van der Waals surface area contributed by atoms with Crippen LogP contribution in [0.4, 0.5) is 0 Å². The van der Waals surface area contributed by atoms with Crippen molar-refractivity contribution >= 4 is 21.7 Å². The van der Waals surface area contributed by atoms with E-state index in [0.717, 1.165) is 37.8 Å². The predicted octanol–water partition coefficient (Wildman–Crippen LogP) is -0.0129. The van der Waals surface area contributed by atoms with E-state index in [1.807, 2.05) is 0 Å². The van der Waals surface area contributed by atoms with Gasteiger partial charge in [-0.05, 0) is 25.2 Å². The monoisotopic (exact) mass is 344 g/mol. The highest BCUT2D eigenvalue weighted by Gasteiger charge is 2.28. The molecule has 7 nitrogen and oxygen atoms in total. The number of aliphatic imine (C=N–C) groups is 1. The number of carbonyl (C=O) groups excluding carboxylic acids is 1. The highest BCUT2D eigenvalue weighted by molar-refractivity contribution is 7.91. The maximum Gasteiger partial charge on any atom is 0.222 e. The fraction of sp³-hybridized carbons (Fsp3) is 0.867. The molecule has 2 fully saturated rings. The standard InChI is InChI=1S/C15H28N4O3S/c1-12-4-8-19(9-5-12)15(16-2)17-7-3-14(20)18-13-6-10-23(21,22)11-13/h12-13H,3-11H2,1-2H3,(H,16,17)(H,18,20). The predicted molar refractivity (Wildman–Crippen MR) is 91.2 cm³/mol. The van der Waals surface area contributed by atoms with E-state index in [4.69, 9.17) is 0 Å². The Kier molecular flexibility index (Phi) is 6.26. The molecule has 2 aliphatic heterocycles. The number of sulfone groups is 1. The van der Waals surface area contributed by atoms with Gasteiger partial charge in [-0.3, -0.25) is 9.79 Å². The summed E-state index contributed by atoms with van der Waals surface area (Å²) in [4.78, 5) is 18.4. The summed E-state index contributed by atoms with van der Waals surface area (Å²) in [5.74, 6) is 1.74. The van der Waals surface area contributed by atoms with Crippen molar-refractivity contribution < 1.29 is 13.2 Å². The molecule has 1 atom stereocenters. The van der Waals surface area contributed by atoms with Gasteiger partial charge in [-0.1, -0.05) is 6.92 Å². The Balaban J connectivity index is 1.68. The molecule has 0 radical (unpaired) electrons. The molecule has 8 heteroatoms. The topological polar surface area (TPSA) is 90.9 Å². The fourth-order valence-electron chi connectivity index (χ4n) is 3.05. The summed E-state index contributed by atoms with van der Waals surface area (Å²) in [6.45, 7) is 4.76. The van der Waals surface area contributed by atoms with E-state index < -0.39 is 9.84 Å². The van der Waals surface area contributed by atoms with Crippen LogP contribution in [0.1, 0.15) is 32.6 Å². The second kappa shape index (κ2) is 7.99. The Hall–Kier alpha value is -1.31. The van der Waals surface area contributed by atoms with Crippen molar-refractivity contribution in [3.05, 3.63) is 0 Å². The van der Waals surface area contributed by atoms with Gasteiger partial charge in [0.15, 0.2) is 15.8 Å². The third-order valence-corrected chi connectivity index (χ3v) is 6.30. The maximum absolute atomic E-state index is 11.9. The number of carbonyl (C=O) groups is 1. The lowest BCUT2D eigenvalue weighted by Crippen LogP contribution is -2.46. The zero-order valence-corrected chi connectivity index (χ0v) is 14.9. The van der Waals surface area contributed by atoms with E-state index in [1.54, 1.807) is 7.05 Å². The van der Waals surface area contributed by atoms with Gasteiger partial charge in [-0.15, -0.1) is 0 Å². The van der Waals surface area contributed by atoms with Crippen LogP contribution in [-0.2, 0) is 14.6 Å². The molecule has 0 aromatic heterocycles.